The summed E-state index contributed by atoms with van der Waals surface area (Å²) in [6.07, 6.45) is 4.63. The van der Waals surface area contributed by atoms with Crippen molar-refractivity contribution in [3.05, 3.63) is 24.4 Å². The van der Waals surface area contributed by atoms with Crippen molar-refractivity contribution in [1.29, 1.82) is 0 Å². The predicted molar refractivity (Wildman–Crippen MR) is 75.5 cm³/mol. The third-order valence-corrected chi connectivity index (χ3v) is 3.99. The van der Waals surface area contributed by atoms with E-state index < -0.39 is 18.4 Å². The highest BCUT2D eigenvalue weighted by molar-refractivity contribution is 5.83. The van der Waals surface area contributed by atoms with Crippen molar-refractivity contribution in [1.82, 2.24) is 19.5 Å². The standard InChI is InChI=1S/C14H16N4O4/c19-5-10-8(20)4-11(22-10)18-7-17-13-12(9-2-1-3-21-9)15-6-16-14(13)18/h2,6-8,10-11,19-20H,1,3-5H2/t8-,10+,11+/m0/s1. The van der Waals surface area contributed by atoms with E-state index >= 15 is 0 Å². The first-order chi connectivity index (χ1) is 10.8. The van der Waals surface area contributed by atoms with Crippen LogP contribution < -0.4 is 0 Å². The normalized spacial score (nSPS) is 28.1. The van der Waals surface area contributed by atoms with Gasteiger partial charge in [-0.05, 0) is 6.08 Å². The molecule has 0 radical (unpaired) electrons. The molecule has 22 heavy (non-hydrogen) atoms. The third-order valence-electron chi connectivity index (χ3n) is 3.99. The van der Waals surface area contributed by atoms with Crippen LogP contribution >= 0.6 is 0 Å². The lowest BCUT2D eigenvalue weighted by atomic mass is 10.2. The van der Waals surface area contributed by atoms with Crippen molar-refractivity contribution >= 4 is 16.9 Å². The van der Waals surface area contributed by atoms with Gasteiger partial charge < -0.3 is 19.7 Å². The summed E-state index contributed by atoms with van der Waals surface area (Å²) in [5.41, 5.74) is 1.93. The minimum absolute atomic E-state index is 0.217. The van der Waals surface area contributed by atoms with E-state index in [4.69, 9.17) is 9.47 Å². The Labute approximate surface area is 126 Å². The summed E-state index contributed by atoms with van der Waals surface area (Å²) in [6.45, 7) is 0.433. The summed E-state index contributed by atoms with van der Waals surface area (Å²) >= 11 is 0. The lowest BCUT2D eigenvalue weighted by Crippen LogP contribution is -2.24. The summed E-state index contributed by atoms with van der Waals surface area (Å²) in [5.74, 6) is 0.721. The minimum atomic E-state index is -0.699. The van der Waals surface area contributed by atoms with Gasteiger partial charge in [-0.1, -0.05) is 0 Å². The first-order valence-electron chi connectivity index (χ1n) is 7.23. The molecule has 0 aliphatic carbocycles. The molecule has 2 aromatic rings. The molecule has 4 heterocycles. The Bertz CT molecular complexity index is 729. The number of aromatic nitrogens is 4. The molecule has 1 saturated heterocycles. The Morgan fingerprint density at radius 3 is 2.95 bits per heavy atom. The van der Waals surface area contributed by atoms with Crippen molar-refractivity contribution in [2.45, 2.75) is 31.3 Å². The van der Waals surface area contributed by atoms with Gasteiger partial charge in [-0.15, -0.1) is 0 Å². The van der Waals surface area contributed by atoms with E-state index in [0.29, 0.717) is 29.9 Å². The van der Waals surface area contributed by atoms with Crippen LogP contribution in [0.4, 0.5) is 0 Å². The molecule has 8 heteroatoms. The van der Waals surface area contributed by atoms with Crippen LogP contribution in [0.25, 0.3) is 16.9 Å². The van der Waals surface area contributed by atoms with Gasteiger partial charge in [-0.25, -0.2) is 15.0 Å². The molecule has 1 fully saturated rings. The molecule has 116 valence electrons. The van der Waals surface area contributed by atoms with Gasteiger partial charge in [0.05, 0.1) is 25.6 Å². The number of aliphatic hydroxyl groups is 2. The highest BCUT2D eigenvalue weighted by Crippen LogP contribution is 2.32. The fourth-order valence-electron chi connectivity index (χ4n) is 2.88. The van der Waals surface area contributed by atoms with Crippen molar-refractivity contribution < 1.29 is 19.7 Å². The molecular weight excluding hydrogens is 288 g/mol. The van der Waals surface area contributed by atoms with Crippen molar-refractivity contribution in [3.8, 4) is 0 Å². The average molecular weight is 304 g/mol. The second kappa shape index (κ2) is 5.31. The highest BCUT2D eigenvalue weighted by Gasteiger charge is 2.35. The molecular formula is C14H16N4O4. The molecule has 0 unspecified atom stereocenters. The number of imidazole rings is 1. The van der Waals surface area contributed by atoms with Gasteiger partial charge in [-0.2, -0.15) is 0 Å². The van der Waals surface area contributed by atoms with E-state index in [-0.39, 0.29) is 6.61 Å². The topological polar surface area (TPSA) is 103 Å². The predicted octanol–water partition coefficient (Wildman–Crippen LogP) is 0.228. The van der Waals surface area contributed by atoms with E-state index in [1.165, 1.54) is 6.33 Å². The third kappa shape index (κ3) is 2.07. The summed E-state index contributed by atoms with van der Waals surface area (Å²) in [4.78, 5) is 12.9. The van der Waals surface area contributed by atoms with Crippen LogP contribution in [0.1, 0.15) is 24.8 Å². The molecule has 2 aliphatic rings. The smallest absolute Gasteiger partial charge is 0.166 e. The van der Waals surface area contributed by atoms with Gasteiger partial charge in [-0.3, -0.25) is 4.57 Å². The van der Waals surface area contributed by atoms with Crippen LogP contribution in [0.2, 0.25) is 0 Å². The van der Waals surface area contributed by atoms with E-state index in [9.17, 15) is 10.2 Å². The lowest BCUT2D eigenvalue weighted by molar-refractivity contribution is -0.0432. The van der Waals surface area contributed by atoms with Gasteiger partial charge in [0.25, 0.3) is 0 Å². The molecule has 0 aromatic carbocycles. The number of rotatable bonds is 3. The summed E-state index contributed by atoms with van der Waals surface area (Å²) in [7, 11) is 0. The molecule has 2 aliphatic heterocycles. The fourth-order valence-corrected chi connectivity index (χ4v) is 2.88. The number of aliphatic hydroxyl groups excluding tert-OH is 2. The molecule has 0 bridgehead atoms. The van der Waals surface area contributed by atoms with Gasteiger partial charge in [0.1, 0.15) is 35.6 Å². The number of hydrogen-bond acceptors (Lipinski definition) is 7. The summed E-state index contributed by atoms with van der Waals surface area (Å²) in [6, 6.07) is 0. The van der Waals surface area contributed by atoms with Crippen LogP contribution in [0.3, 0.4) is 0 Å². The Morgan fingerprint density at radius 1 is 1.32 bits per heavy atom. The Balaban J connectivity index is 1.73. The maximum atomic E-state index is 9.88. The van der Waals surface area contributed by atoms with Gasteiger partial charge in [0.15, 0.2) is 5.65 Å². The van der Waals surface area contributed by atoms with Crippen LogP contribution in [0.15, 0.2) is 18.7 Å². The quantitative estimate of drug-likeness (QED) is 0.836. The molecule has 0 saturated carbocycles. The van der Waals surface area contributed by atoms with Crippen LogP contribution in [0, 0.1) is 0 Å². The molecule has 8 nitrogen and oxygen atoms in total. The first-order valence-corrected chi connectivity index (χ1v) is 7.23. The van der Waals surface area contributed by atoms with Crippen LogP contribution in [-0.4, -0.2) is 55.2 Å². The molecule has 0 amide bonds. The largest absolute Gasteiger partial charge is 0.491 e. The van der Waals surface area contributed by atoms with Crippen LogP contribution in [0.5, 0.6) is 0 Å². The second-order valence-electron chi connectivity index (χ2n) is 5.37. The Morgan fingerprint density at radius 2 is 2.23 bits per heavy atom. The average Bonchev–Trinajstić information content (AvgIpc) is 3.25. The first kappa shape index (κ1) is 13.6. The maximum Gasteiger partial charge on any atom is 0.166 e. The van der Waals surface area contributed by atoms with Gasteiger partial charge >= 0.3 is 0 Å². The van der Waals surface area contributed by atoms with E-state index in [1.54, 1.807) is 10.9 Å². The van der Waals surface area contributed by atoms with Gasteiger partial charge in [0.2, 0.25) is 0 Å². The van der Waals surface area contributed by atoms with Crippen molar-refractivity contribution in [2.75, 3.05) is 13.2 Å². The van der Waals surface area contributed by atoms with E-state index in [1.807, 2.05) is 6.08 Å². The minimum Gasteiger partial charge on any atom is -0.491 e. The van der Waals surface area contributed by atoms with Crippen LogP contribution in [-0.2, 0) is 9.47 Å². The highest BCUT2D eigenvalue weighted by atomic mass is 16.5. The number of nitrogens with zero attached hydrogens (tertiary/aromatic N) is 4. The Kier molecular flexibility index (Phi) is 3.29. The molecule has 0 spiro atoms. The fraction of sp³-hybridized carbons (Fsp3) is 0.500. The van der Waals surface area contributed by atoms with Crippen molar-refractivity contribution in [3.63, 3.8) is 0 Å². The zero-order valence-corrected chi connectivity index (χ0v) is 11.8. The molecule has 2 N–H and O–H groups in total. The summed E-state index contributed by atoms with van der Waals surface area (Å²) in [5, 5.41) is 19.1. The molecule has 4 rings (SSSR count). The van der Waals surface area contributed by atoms with E-state index in [2.05, 4.69) is 15.0 Å². The maximum absolute atomic E-state index is 9.88. The monoisotopic (exact) mass is 304 g/mol. The SMILES string of the molecule is OC[C@H]1O[C@@H](n2cnc3c(C4=CCCO4)ncnc32)C[C@@H]1O. The zero-order valence-electron chi connectivity index (χ0n) is 11.8. The number of ether oxygens (including phenoxy) is 2. The number of hydrogen-bond donors (Lipinski definition) is 2. The van der Waals surface area contributed by atoms with Gasteiger partial charge in [0, 0.05) is 12.8 Å². The second-order valence-corrected chi connectivity index (χ2v) is 5.37. The lowest BCUT2D eigenvalue weighted by Gasteiger charge is -2.13. The zero-order chi connectivity index (χ0) is 15.1. The van der Waals surface area contributed by atoms with E-state index in [0.717, 1.165) is 12.2 Å². The molecule has 3 atom stereocenters. The summed E-state index contributed by atoms with van der Waals surface area (Å²) < 4.78 is 13.0. The molecule has 2 aromatic heterocycles. The Hall–Kier alpha value is -2.03. The number of fused-ring (bicyclic) bond motifs is 1. The van der Waals surface area contributed by atoms with Crippen molar-refractivity contribution in [2.24, 2.45) is 0 Å².